The number of carboxylic acid groups (broad SMARTS) is 1. The average Bonchev–Trinajstić information content (AvgIpc) is 2.29. The topological polar surface area (TPSA) is 49.3 Å². The van der Waals surface area contributed by atoms with Crippen LogP contribution in [0.4, 0.5) is 0 Å². The van der Waals surface area contributed by atoms with Gasteiger partial charge in [-0.2, -0.15) is 0 Å². The van der Waals surface area contributed by atoms with Crippen LogP contribution in [0.25, 0.3) is 0 Å². The van der Waals surface area contributed by atoms with E-state index in [2.05, 4.69) is 5.32 Å². The maximum atomic E-state index is 10.8. The summed E-state index contributed by atoms with van der Waals surface area (Å²) in [5, 5.41) is 13.3. The lowest BCUT2D eigenvalue weighted by atomic mass is 10.0. The Morgan fingerprint density at radius 2 is 2.17 bits per heavy atom. The molecule has 0 saturated heterocycles. The number of benzene rings is 1. The Morgan fingerprint density at radius 1 is 1.44 bits per heavy atom. The van der Waals surface area contributed by atoms with Crippen LogP contribution in [0, 0.1) is 0 Å². The number of carbonyl (C=O) groups is 1. The van der Waals surface area contributed by atoms with Crippen molar-refractivity contribution in [3.8, 4) is 0 Å². The number of hydrogen-bond acceptors (Lipinski definition) is 2. The molecule has 1 unspecified atom stereocenters. The molecule has 0 fully saturated rings. The maximum absolute atomic E-state index is 10.8. The zero-order valence-electron chi connectivity index (χ0n) is 10.2. The van der Waals surface area contributed by atoms with Gasteiger partial charge in [0.25, 0.3) is 0 Å². The van der Waals surface area contributed by atoms with Crippen molar-refractivity contribution in [3.63, 3.8) is 0 Å². The fourth-order valence-electron chi connectivity index (χ4n) is 1.73. The van der Waals surface area contributed by atoms with Crippen LogP contribution in [0.15, 0.2) is 18.2 Å². The summed E-state index contributed by atoms with van der Waals surface area (Å²) < 4.78 is 0. The van der Waals surface area contributed by atoms with E-state index in [0.29, 0.717) is 16.5 Å². The molecular weight excluding hydrogens is 273 g/mol. The Kier molecular flexibility index (Phi) is 6.47. The third-order valence-corrected chi connectivity index (χ3v) is 3.17. The molecule has 3 nitrogen and oxygen atoms in total. The molecule has 100 valence electrons. The van der Waals surface area contributed by atoms with Crippen LogP contribution >= 0.6 is 23.2 Å². The van der Waals surface area contributed by atoms with Crippen LogP contribution < -0.4 is 5.32 Å². The van der Waals surface area contributed by atoms with Crippen LogP contribution in [0.1, 0.15) is 25.3 Å². The van der Waals surface area contributed by atoms with Gasteiger partial charge in [-0.3, -0.25) is 4.79 Å². The van der Waals surface area contributed by atoms with Crippen LogP contribution in [-0.4, -0.2) is 23.7 Å². The fourth-order valence-corrected chi connectivity index (χ4v) is 2.21. The lowest BCUT2D eigenvalue weighted by Crippen LogP contribution is -2.34. The molecule has 1 atom stereocenters. The van der Waals surface area contributed by atoms with Crippen molar-refractivity contribution in [3.05, 3.63) is 33.8 Å². The Morgan fingerprint density at radius 3 is 2.72 bits per heavy atom. The van der Waals surface area contributed by atoms with Gasteiger partial charge in [-0.25, -0.2) is 0 Å². The predicted octanol–water partition coefficient (Wildman–Crippen LogP) is 3.38. The van der Waals surface area contributed by atoms with E-state index >= 15 is 0 Å². The molecule has 1 aromatic carbocycles. The van der Waals surface area contributed by atoms with Gasteiger partial charge in [0.1, 0.15) is 0 Å². The molecule has 0 amide bonds. The summed E-state index contributed by atoms with van der Waals surface area (Å²) in [6.45, 7) is 2.84. The molecule has 2 N–H and O–H groups in total. The zero-order valence-corrected chi connectivity index (χ0v) is 11.8. The number of rotatable bonds is 7. The van der Waals surface area contributed by atoms with E-state index in [9.17, 15) is 4.79 Å². The van der Waals surface area contributed by atoms with Crippen LogP contribution in [0.2, 0.25) is 10.0 Å². The summed E-state index contributed by atoms with van der Waals surface area (Å²) in [7, 11) is 0. The minimum atomic E-state index is -0.811. The third-order valence-electron chi connectivity index (χ3n) is 2.59. The van der Waals surface area contributed by atoms with E-state index < -0.39 is 5.97 Å². The summed E-state index contributed by atoms with van der Waals surface area (Å²) >= 11 is 11.9. The molecular formula is C13H17Cl2NO2. The van der Waals surface area contributed by atoms with Crippen molar-refractivity contribution in [2.24, 2.45) is 0 Å². The smallest absolute Gasteiger partial charge is 0.304 e. The van der Waals surface area contributed by atoms with Crippen molar-refractivity contribution in [1.29, 1.82) is 0 Å². The highest BCUT2D eigenvalue weighted by molar-refractivity contribution is 6.35. The second-order valence-corrected chi connectivity index (χ2v) is 5.03. The molecule has 0 aliphatic rings. The molecule has 1 rings (SSSR count). The first-order chi connectivity index (χ1) is 8.52. The molecule has 0 heterocycles. The highest BCUT2D eigenvalue weighted by Crippen LogP contribution is 2.22. The van der Waals surface area contributed by atoms with E-state index in [1.165, 1.54) is 0 Å². The van der Waals surface area contributed by atoms with Crippen LogP contribution in [0.5, 0.6) is 0 Å². The van der Waals surface area contributed by atoms with Gasteiger partial charge in [0.2, 0.25) is 0 Å². The summed E-state index contributed by atoms with van der Waals surface area (Å²) in [5.74, 6) is -0.811. The lowest BCUT2D eigenvalue weighted by Gasteiger charge is -2.17. The summed E-state index contributed by atoms with van der Waals surface area (Å²) in [6.07, 6.45) is 1.63. The molecule has 0 saturated carbocycles. The normalized spacial score (nSPS) is 12.4. The first-order valence-corrected chi connectivity index (χ1v) is 6.67. The van der Waals surface area contributed by atoms with E-state index in [0.717, 1.165) is 18.5 Å². The minimum Gasteiger partial charge on any atom is -0.481 e. The highest BCUT2D eigenvalue weighted by atomic mass is 35.5. The van der Waals surface area contributed by atoms with Crippen LogP contribution in [0.3, 0.4) is 0 Å². The van der Waals surface area contributed by atoms with Gasteiger partial charge in [-0.05, 0) is 37.1 Å². The fraction of sp³-hybridized carbons (Fsp3) is 0.462. The van der Waals surface area contributed by atoms with Gasteiger partial charge < -0.3 is 10.4 Å². The number of aliphatic carboxylic acids is 1. The zero-order chi connectivity index (χ0) is 13.5. The molecule has 0 radical (unpaired) electrons. The Hall–Kier alpha value is -0.770. The SMILES string of the molecule is CCCNC(CC(=O)O)Cc1ccc(Cl)cc1Cl. The average molecular weight is 290 g/mol. The summed E-state index contributed by atoms with van der Waals surface area (Å²) in [6, 6.07) is 5.17. The van der Waals surface area contributed by atoms with Gasteiger partial charge in [-0.15, -0.1) is 0 Å². The Labute approximate surface area is 117 Å². The Bertz CT molecular complexity index is 410. The maximum Gasteiger partial charge on any atom is 0.304 e. The van der Waals surface area contributed by atoms with Crippen molar-refractivity contribution in [2.75, 3.05) is 6.54 Å². The standard InChI is InChI=1S/C13H17Cl2NO2/c1-2-5-16-11(8-13(17)18)6-9-3-4-10(14)7-12(9)15/h3-4,7,11,16H,2,5-6,8H2,1H3,(H,17,18). The van der Waals surface area contributed by atoms with Crippen molar-refractivity contribution < 1.29 is 9.90 Å². The predicted molar refractivity (Wildman–Crippen MR) is 74.5 cm³/mol. The number of nitrogens with one attached hydrogen (secondary N) is 1. The van der Waals surface area contributed by atoms with E-state index in [1.807, 2.05) is 13.0 Å². The number of halogens is 2. The van der Waals surface area contributed by atoms with E-state index in [1.54, 1.807) is 12.1 Å². The summed E-state index contributed by atoms with van der Waals surface area (Å²) in [4.78, 5) is 10.8. The number of carboxylic acids is 1. The van der Waals surface area contributed by atoms with E-state index in [4.69, 9.17) is 28.3 Å². The lowest BCUT2D eigenvalue weighted by molar-refractivity contribution is -0.137. The second kappa shape index (κ2) is 7.62. The van der Waals surface area contributed by atoms with Crippen molar-refractivity contribution in [2.45, 2.75) is 32.2 Å². The van der Waals surface area contributed by atoms with Gasteiger partial charge in [0, 0.05) is 16.1 Å². The molecule has 0 spiro atoms. The van der Waals surface area contributed by atoms with Crippen molar-refractivity contribution >= 4 is 29.2 Å². The Balaban J connectivity index is 2.71. The van der Waals surface area contributed by atoms with E-state index in [-0.39, 0.29) is 12.5 Å². The van der Waals surface area contributed by atoms with Gasteiger partial charge >= 0.3 is 5.97 Å². The largest absolute Gasteiger partial charge is 0.481 e. The molecule has 18 heavy (non-hydrogen) atoms. The van der Waals surface area contributed by atoms with Crippen molar-refractivity contribution in [1.82, 2.24) is 5.32 Å². The number of hydrogen-bond donors (Lipinski definition) is 2. The van der Waals surface area contributed by atoms with Gasteiger partial charge in [0.15, 0.2) is 0 Å². The van der Waals surface area contributed by atoms with Gasteiger partial charge in [-0.1, -0.05) is 36.2 Å². The molecule has 0 aromatic heterocycles. The molecule has 0 bridgehead atoms. The van der Waals surface area contributed by atoms with Crippen LogP contribution in [-0.2, 0) is 11.2 Å². The second-order valence-electron chi connectivity index (χ2n) is 4.19. The third kappa shape index (κ3) is 5.25. The highest BCUT2D eigenvalue weighted by Gasteiger charge is 2.14. The molecule has 5 heteroatoms. The minimum absolute atomic E-state index is 0.0823. The quantitative estimate of drug-likeness (QED) is 0.809. The van der Waals surface area contributed by atoms with Gasteiger partial charge in [0.05, 0.1) is 6.42 Å². The molecule has 0 aliphatic carbocycles. The monoisotopic (exact) mass is 289 g/mol. The molecule has 0 aliphatic heterocycles. The molecule has 1 aromatic rings. The summed E-state index contributed by atoms with van der Waals surface area (Å²) in [5.41, 5.74) is 0.913. The first-order valence-electron chi connectivity index (χ1n) is 5.92. The first kappa shape index (κ1) is 15.3.